The molecule has 0 atom stereocenters. The lowest BCUT2D eigenvalue weighted by molar-refractivity contribution is 0.473. The fraction of sp³-hybridized carbons (Fsp3) is 0.375. The van der Waals surface area contributed by atoms with Gasteiger partial charge in [-0.25, -0.2) is 4.39 Å². The van der Waals surface area contributed by atoms with E-state index in [9.17, 15) is 4.39 Å². The average molecular weight is 139 g/mol. The summed E-state index contributed by atoms with van der Waals surface area (Å²) < 4.78 is 12.1. The lowest BCUT2D eigenvalue weighted by Crippen LogP contribution is -1.92. The number of halogens is 1. The first-order valence-electron chi connectivity index (χ1n) is 3.23. The van der Waals surface area contributed by atoms with Crippen molar-refractivity contribution in [2.24, 2.45) is 0 Å². The molecule has 0 saturated carbocycles. The van der Waals surface area contributed by atoms with Crippen molar-refractivity contribution < 1.29 is 4.39 Å². The van der Waals surface area contributed by atoms with E-state index >= 15 is 0 Å². The Hall–Kier alpha value is -0.920. The van der Waals surface area contributed by atoms with Gasteiger partial charge in [0.1, 0.15) is 6.67 Å². The predicted molar refractivity (Wildman–Crippen MR) is 38.5 cm³/mol. The van der Waals surface area contributed by atoms with Crippen molar-refractivity contribution >= 4 is 0 Å². The zero-order valence-electron chi connectivity index (χ0n) is 6.19. The number of hydrogen-bond acceptors (Lipinski definition) is 1. The van der Waals surface area contributed by atoms with E-state index in [0.717, 1.165) is 11.3 Å². The van der Waals surface area contributed by atoms with Gasteiger partial charge in [0.05, 0.1) is 5.69 Å². The molecule has 1 aromatic heterocycles. The van der Waals surface area contributed by atoms with E-state index < -0.39 is 6.67 Å². The molecule has 54 valence electrons. The molecule has 0 radical (unpaired) electrons. The lowest BCUT2D eigenvalue weighted by atomic mass is 10.2. The maximum Gasteiger partial charge on any atom is 0.132 e. The summed E-state index contributed by atoms with van der Waals surface area (Å²) in [6.45, 7) is 3.26. The number of rotatable bonds is 1. The van der Waals surface area contributed by atoms with Crippen LogP contribution in [0.5, 0.6) is 0 Å². The highest BCUT2D eigenvalue weighted by molar-refractivity contribution is 5.20. The molecule has 0 aliphatic rings. The van der Waals surface area contributed by atoms with Crippen LogP contribution in [0, 0.1) is 13.8 Å². The highest BCUT2D eigenvalue weighted by Crippen LogP contribution is 2.06. The summed E-state index contributed by atoms with van der Waals surface area (Å²) in [4.78, 5) is 4.02. The fourth-order valence-electron chi connectivity index (χ4n) is 0.815. The van der Waals surface area contributed by atoms with Gasteiger partial charge in [0.15, 0.2) is 0 Å². The van der Waals surface area contributed by atoms with E-state index in [1.807, 2.05) is 26.0 Å². The first-order chi connectivity index (χ1) is 4.74. The van der Waals surface area contributed by atoms with Crippen LogP contribution in [0.25, 0.3) is 0 Å². The summed E-state index contributed by atoms with van der Waals surface area (Å²) in [6.07, 6.45) is 0. The molecule has 0 N–H and O–H groups in total. The predicted octanol–water partition coefficient (Wildman–Crippen LogP) is 2.17. The van der Waals surface area contributed by atoms with Crippen LogP contribution in [0.15, 0.2) is 12.1 Å². The van der Waals surface area contributed by atoms with Crippen LogP contribution in [-0.4, -0.2) is 4.98 Å². The molecule has 1 aromatic rings. The first kappa shape index (κ1) is 7.19. The topological polar surface area (TPSA) is 12.9 Å². The number of pyridine rings is 1. The van der Waals surface area contributed by atoms with E-state index in [4.69, 9.17) is 0 Å². The molecule has 0 bridgehead atoms. The third-order valence-electron chi connectivity index (χ3n) is 1.47. The van der Waals surface area contributed by atoms with Crippen LogP contribution < -0.4 is 0 Å². The highest BCUT2D eigenvalue weighted by atomic mass is 19.1. The van der Waals surface area contributed by atoms with Crippen molar-refractivity contribution in [2.75, 3.05) is 0 Å². The Morgan fingerprint density at radius 1 is 1.40 bits per heavy atom. The van der Waals surface area contributed by atoms with E-state index in [0.29, 0.717) is 5.69 Å². The number of alkyl halides is 1. The summed E-state index contributed by atoms with van der Waals surface area (Å²) in [7, 11) is 0. The minimum atomic E-state index is -0.465. The van der Waals surface area contributed by atoms with Crippen LogP contribution in [-0.2, 0) is 6.67 Å². The van der Waals surface area contributed by atoms with Gasteiger partial charge in [-0.1, -0.05) is 6.07 Å². The number of aromatic nitrogens is 1. The summed E-state index contributed by atoms with van der Waals surface area (Å²) >= 11 is 0. The minimum absolute atomic E-state index is 0.465. The SMILES string of the molecule is Cc1ccc(C)c(CF)n1. The zero-order valence-corrected chi connectivity index (χ0v) is 6.19. The van der Waals surface area contributed by atoms with Gasteiger partial charge in [0.2, 0.25) is 0 Å². The van der Waals surface area contributed by atoms with E-state index in [-0.39, 0.29) is 0 Å². The molecule has 0 aliphatic heterocycles. The van der Waals surface area contributed by atoms with Crippen molar-refractivity contribution in [3.63, 3.8) is 0 Å². The van der Waals surface area contributed by atoms with Gasteiger partial charge < -0.3 is 0 Å². The van der Waals surface area contributed by atoms with Crippen molar-refractivity contribution in [3.05, 3.63) is 29.1 Å². The van der Waals surface area contributed by atoms with Crippen molar-refractivity contribution in [1.29, 1.82) is 0 Å². The number of nitrogens with zero attached hydrogens (tertiary/aromatic N) is 1. The Kier molecular flexibility index (Phi) is 2.00. The van der Waals surface area contributed by atoms with Crippen LogP contribution in [0.1, 0.15) is 17.0 Å². The van der Waals surface area contributed by atoms with E-state index in [1.165, 1.54) is 0 Å². The largest absolute Gasteiger partial charge is 0.255 e. The number of hydrogen-bond donors (Lipinski definition) is 0. The van der Waals surface area contributed by atoms with Gasteiger partial charge in [-0.2, -0.15) is 0 Å². The summed E-state index contributed by atoms with van der Waals surface area (Å²) in [5, 5.41) is 0. The quantitative estimate of drug-likeness (QED) is 0.581. The van der Waals surface area contributed by atoms with Crippen molar-refractivity contribution in [1.82, 2.24) is 4.98 Å². The molecule has 1 nitrogen and oxygen atoms in total. The second kappa shape index (κ2) is 2.78. The second-order valence-corrected chi connectivity index (χ2v) is 2.35. The molecule has 0 unspecified atom stereocenters. The van der Waals surface area contributed by atoms with Crippen LogP contribution in [0.2, 0.25) is 0 Å². The molecule has 0 amide bonds. The molecule has 0 spiro atoms. The molecule has 1 rings (SSSR count). The smallest absolute Gasteiger partial charge is 0.132 e. The third-order valence-corrected chi connectivity index (χ3v) is 1.47. The Morgan fingerprint density at radius 3 is 2.60 bits per heavy atom. The van der Waals surface area contributed by atoms with Crippen LogP contribution >= 0.6 is 0 Å². The third kappa shape index (κ3) is 1.32. The van der Waals surface area contributed by atoms with Crippen LogP contribution in [0.3, 0.4) is 0 Å². The molecular weight excluding hydrogens is 129 g/mol. The molecule has 0 aromatic carbocycles. The second-order valence-electron chi connectivity index (χ2n) is 2.35. The Labute approximate surface area is 59.9 Å². The molecule has 10 heavy (non-hydrogen) atoms. The zero-order chi connectivity index (χ0) is 7.56. The van der Waals surface area contributed by atoms with Gasteiger partial charge in [0, 0.05) is 5.69 Å². The standard InChI is InChI=1S/C8H10FN/c1-6-3-4-7(2)10-8(6)5-9/h3-4H,5H2,1-2H3. The molecule has 0 aliphatic carbocycles. The van der Waals surface area contributed by atoms with Gasteiger partial charge in [0.25, 0.3) is 0 Å². The molecule has 0 saturated heterocycles. The maximum atomic E-state index is 12.1. The van der Waals surface area contributed by atoms with Gasteiger partial charge in [-0.3, -0.25) is 4.98 Å². The fourth-order valence-corrected chi connectivity index (χ4v) is 0.815. The first-order valence-corrected chi connectivity index (χ1v) is 3.23. The van der Waals surface area contributed by atoms with Crippen molar-refractivity contribution in [3.8, 4) is 0 Å². The van der Waals surface area contributed by atoms with Gasteiger partial charge in [-0.05, 0) is 25.5 Å². The highest BCUT2D eigenvalue weighted by Gasteiger charge is 1.97. The summed E-state index contributed by atoms with van der Waals surface area (Å²) in [6, 6.07) is 3.77. The average Bonchev–Trinajstić information content (AvgIpc) is 1.94. The Bertz CT molecular complexity index is 233. The Balaban J connectivity index is 3.09. The van der Waals surface area contributed by atoms with Crippen LogP contribution in [0.4, 0.5) is 4.39 Å². The molecule has 2 heteroatoms. The van der Waals surface area contributed by atoms with E-state index in [2.05, 4.69) is 4.98 Å². The lowest BCUT2D eigenvalue weighted by Gasteiger charge is -1.99. The number of aryl methyl sites for hydroxylation is 2. The monoisotopic (exact) mass is 139 g/mol. The van der Waals surface area contributed by atoms with Crippen molar-refractivity contribution in [2.45, 2.75) is 20.5 Å². The summed E-state index contributed by atoms with van der Waals surface area (Å²) in [5.74, 6) is 0. The maximum absolute atomic E-state index is 12.1. The molecule has 1 heterocycles. The normalized spacial score (nSPS) is 9.90. The molecular formula is C8H10FN. The Morgan fingerprint density at radius 2 is 2.10 bits per heavy atom. The molecule has 0 fully saturated rings. The van der Waals surface area contributed by atoms with Gasteiger partial charge >= 0.3 is 0 Å². The minimum Gasteiger partial charge on any atom is -0.255 e. The van der Waals surface area contributed by atoms with E-state index in [1.54, 1.807) is 0 Å². The van der Waals surface area contributed by atoms with Gasteiger partial charge in [-0.15, -0.1) is 0 Å². The summed E-state index contributed by atoms with van der Waals surface area (Å²) in [5.41, 5.74) is 2.35.